The van der Waals surface area contributed by atoms with Gasteiger partial charge in [-0.25, -0.2) is 0 Å². The summed E-state index contributed by atoms with van der Waals surface area (Å²) in [5.41, 5.74) is 3.56. The zero-order chi connectivity index (χ0) is 8.97. The quantitative estimate of drug-likeness (QED) is 0.694. The molecule has 0 spiro atoms. The third-order valence-electron chi connectivity index (χ3n) is 2.37. The molecule has 0 aliphatic heterocycles. The van der Waals surface area contributed by atoms with E-state index in [-0.39, 0.29) is 0 Å². The summed E-state index contributed by atoms with van der Waals surface area (Å²) in [6.45, 7) is 2.25. The van der Waals surface area contributed by atoms with Crippen molar-refractivity contribution in [3.63, 3.8) is 0 Å². The van der Waals surface area contributed by atoms with Gasteiger partial charge < -0.3 is 5.32 Å². The summed E-state index contributed by atoms with van der Waals surface area (Å²) < 4.78 is 0. The maximum Gasteiger partial charge on any atom is 0.0369 e. The van der Waals surface area contributed by atoms with E-state index in [9.17, 15) is 0 Å². The highest BCUT2D eigenvalue weighted by Crippen LogP contribution is 2.23. The fourth-order valence-electron chi connectivity index (χ4n) is 1.37. The van der Waals surface area contributed by atoms with Gasteiger partial charge in [0.2, 0.25) is 0 Å². The van der Waals surface area contributed by atoms with E-state index >= 15 is 0 Å². The monoisotopic (exact) mass is 179 g/mol. The Morgan fingerprint density at radius 1 is 1.42 bits per heavy atom. The molecule has 0 saturated carbocycles. The Balaban J connectivity index is 2.96. The van der Waals surface area contributed by atoms with Crippen LogP contribution in [0.4, 0.5) is 5.69 Å². The van der Waals surface area contributed by atoms with E-state index in [1.54, 1.807) is 0 Å². The molecule has 0 aliphatic rings. The van der Waals surface area contributed by atoms with E-state index in [0.717, 1.165) is 5.54 Å². The molecular formula is C10H17NSi. The van der Waals surface area contributed by atoms with E-state index in [1.807, 2.05) is 7.05 Å². The highest BCUT2D eigenvalue weighted by Gasteiger charge is 2.05. The second kappa shape index (κ2) is 4.31. The molecule has 0 aromatic heterocycles. The van der Waals surface area contributed by atoms with Gasteiger partial charge in [-0.15, -0.1) is 0 Å². The lowest BCUT2D eigenvalue weighted by Gasteiger charge is -2.13. The van der Waals surface area contributed by atoms with Crippen molar-refractivity contribution in [2.24, 2.45) is 0 Å². The Morgan fingerprint density at radius 2 is 2.08 bits per heavy atom. The second-order valence-corrected chi connectivity index (χ2v) is 4.54. The number of para-hydroxylation sites is 1. The van der Waals surface area contributed by atoms with Gasteiger partial charge in [0.15, 0.2) is 0 Å². The third-order valence-corrected chi connectivity index (χ3v) is 3.81. The van der Waals surface area contributed by atoms with E-state index < -0.39 is 0 Å². The number of anilines is 1. The molecule has 1 unspecified atom stereocenters. The van der Waals surface area contributed by atoms with Crippen LogP contribution in [-0.2, 0) is 0 Å². The van der Waals surface area contributed by atoms with Gasteiger partial charge in [-0.3, -0.25) is 0 Å². The van der Waals surface area contributed by atoms with Crippen LogP contribution in [0.15, 0.2) is 24.3 Å². The Morgan fingerprint density at radius 3 is 2.67 bits per heavy atom. The summed E-state index contributed by atoms with van der Waals surface area (Å²) in [7, 11) is 3.23. The summed E-state index contributed by atoms with van der Waals surface area (Å²) in [6, 6.07) is 8.58. The first-order valence-electron chi connectivity index (χ1n) is 4.56. The highest BCUT2D eigenvalue weighted by atomic mass is 28.1. The van der Waals surface area contributed by atoms with Crippen molar-refractivity contribution < 1.29 is 0 Å². The highest BCUT2D eigenvalue weighted by molar-refractivity contribution is 6.12. The van der Waals surface area contributed by atoms with Crippen molar-refractivity contribution in [2.45, 2.75) is 18.9 Å². The number of nitrogens with one attached hydrogen (secondary N) is 1. The molecule has 1 rings (SSSR count). The predicted octanol–water partition coefficient (Wildman–Crippen LogP) is 1.54. The molecule has 66 valence electrons. The zero-order valence-corrected chi connectivity index (χ0v) is 10.1. The van der Waals surface area contributed by atoms with Crippen LogP contribution in [0.25, 0.3) is 0 Å². The first-order valence-corrected chi connectivity index (χ1v) is 5.71. The van der Waals surface area contributed by atoms with Crippen molar-refractivity contribution in [2.75, 3.05) is 12.4 Å². The largest absolute Gasteiger partial charge is 0.388 e. The summed E-state index contributed by atoms with van der Waals surface area (Å²) in [5, 5.41) is 3.23. The molecule has 1 aromatic carbocycles. The summed E-state index contributed by atoms with van der Waals surface area (Å²) >= 11 is 0. The van der Waals surface area contributed by atoms with Crippen molar-refractivity contribution in [1.29, 1.82) is 0 Å². The molecule has 0 heterocycles. The maximum atomic E-state index is 3.23. The number of benzene rings is 1. The molecule has 0 saturated heterocycles. The van der Waals surface area contributed by atoms with Gasteiger partial charge in [0.1, 0.15) is 0 Å². The minimum Gasteiger partial charge on any atom is -0.388 e. The Kier molecular flexibility index (Phi) is 3.35. The van der Waals surface area contributed by atoms with Crippen LogP contribution in [0, 0.1) is 0 Å². The standard InChI is InChI=1S/C10H17NSi/c1-3-10(12)8-6-4-5-7-9(8)11-2/h4-7,10-11H,3H2,1-2,12H3. The van der Waals surface area contributed by atoms with E-state index in [2.05, 4.69) is 36.5 Å². The SMILES string of the molecule is CCC([SiH3])c1ccccc1NC. The number of rotatable bonds is 3. The van der Waals surface area contributed by atoms with Crippen LogP contribution in [0.5, 0.6) is 0 Å². The first kappa shape index (κ1) is 9.33. The second-order valence-electron chi connectivity index (χ2n) is 3.15. The lowest BCUT2D eigenvalue weighted by molar-refractivity contribution is 0.883. The van der Waals surface area contributed by atoms with Crippen LogP contribution >= 0.6 is 0 Å². The molecule has 0 radical (unpaired) electrons. The summed E-state index contributed by atoms with van der Waals surface area (Å²) in [5.74, 6) is 0. The van der Waals surface area contributed by atoms with Gasteiger partial charge >= 0.3 is 0 Å². The molecule has 0 amide bonds. The normalized spacial score (nSPS) is 12.8. The minimum absolute atomic E-state index is 0.786. The summed E-state index contributed by atoms with van der Waals surface area (Å²) in [4.78, 5) is 0. The van der Waals surface area contributed by atoms with E-state index in [1.165, 1.54) is 27.9 Å². The van der Waals surface area contributed by atoms with E-state index in [0.29, 0.717) is 0 Å². The van der Waals surface area contributed by atoms with Crippen LogP contribution < -0.4 is 5.32 Å². The van der Waals surface area contributed by atoms with Gasteiger partial charge in [0.05, 0.1) is 0 Å². The van der Waals surface area contributed by atoms with Crippen molar-refractivity contribution in [3.8, 4) is 0 Å². The van der Waals surface area contributed by atoms with Gasteiger partial charge in [0.25, 0.3) is 0 Å². The van der Waals surface area contributed by atoms with Gasteiger partial charge in [-0.05, 0) is 17.2 Å². The van der Waals surface area contributed by atoms with Crippen LogP contribution in [0.3, 0.4) is 0 Å². The van der Waals surface area contributed by atoms with Crippen molar-refractivity contribution >= 4 is 15.9 Å². The fourth-order valence-corrected chi connectivity index (χ4v) is 1.88. The molecule has 1 nitrogen and oxygen atoms in total. The first-order chi connectivity index (χ1) is 5.79. The average molecular weight is 179 g/mol. The van der Waals surface area contributed by atoms with Gasteiger partial charge in [-0.2, -0.15) is 0 Å². The molecule has 2 heteroatoms. The predicted molar refractivity (Wildman–Crippen MR) is 59.0 cm³/mol. The third kappa shape index (κ3) is 1.88. The Hall–Kier alpha value is -0.763. The zero-order valence-electron chi connectivity index (χ0n) is 8.09. The Bertz CT molecular complexity index is 247. The topological polar surface area (TPSA) is 12.0 Å². The van der Waals surface area contributed by atoms with Crippen LogP contribution in [0.1, 0.15) is 24.4 Å². The van der Waals surface area contributed by atoms with Gasteiger partial charge in [0, 0.05) is 23.0 Å². The fraction of sp³-hybridized carbons (Fsp3) is 0.400. The van der Waals surface area contributed by atoms with Crippen LogP contribution in [0.2, 0.25) is 0 Å². The average Bonchev–Trinajstić information content (AvgIpc) is 2.16. The lowest BCUT2D eigenvalue weighted by atomic mass is 10.1. The number of hydrogen-bond acceptors (Lipinski definition) is 1. The molecule has 1 aromatic rings. The van der Waals surface area contributed by atoms with Crippen LogP contribution in [-0.4, -0.2) is 17.3 Å². The van der Waals surface area contributed by atoms with E-state index in [4.69, 9.17) is 0 Å². The molecule has 0 bridgehead atoms. The maximum absolute atomic E-state index is 3.23. The molecule has 12 heavy (non-hydrogen) atoms. The lowest BCUT2D eigenvalue weighted by Crippen LogP contribution is -2.01. The summed E-state index contributed by atoms with van der Waals surface area (Å²) in [6.07, 6.45) is 1.25. The molecule has 1 N–H and O–H groups in total. The molecule has 0 fully saturated rings. The van der Waals surface area contributed by atoms with Crippen molar-refractivity contribution in [1.82, 2.24) is 0 Å². The molecule has 0 aliphatic carbocycles. The van der Waals surface area contributed by atoms with Crippen molar-refractivity contribution in [3.05, 3.63) is 29.8 Å². The number of hydrogen-bond donors (Lipinski definition) is 1. The van der Waals surface area contributed by atoms with Gasteiger partial charge in [-0.1, -0.05) is 31.5 Å². The molecular weight excluding hydrogens is 162 g/mol. The molecule has 1 atom stereocenters. The smallest absolute Gasteiger partial charge is 0.0369 e. The minimum atomic E-state index is 0.786. The Labute approximate surface area is 77.6 Å².